The van der Waals surface area contributed by atoms with Crippen molar-refractivity contribution in [1.29, 1.82) is 0 Å². The van der Waals surface area contributed by atoms with E-state index in [1.165, 1.54) is 12.1 Å². The number of amides is 1. The van der Waals surface area contributed by atoms with E-state index in [1.54, 1.807) is 12.1 Å². The molecule has 15 heavy (non-hydrogen) atoms. The second kappa shape index (κ2) is 4.28. The average Bonchev–Trinajstić information content (AvgIpc) is 2.13. The van der Waals surface area contributed by atoms with E-state index in [4.69, 9.17) is 16.6 Å². The summed E-state index contributed by atoms with van der Waals surface area (Å²) in [5, 5.41) is 8.88. The summed E-state index contributed by atoms with van der Waals surface area (Å²) in [6.07, 6.45) is 2.41. The van der Waals surface area contributed by atoms with Crippen molar-refractivity contribution >= 4 is 23.6 Å². The van der Waals surface area contributed by atoms with Gasteiger partial charge in [0.2, 0.25) is 5.91 Å². The molecule has 0 spiro atoms. The zero-order chi connectivity index (χ0) is 11.4. The molecule has 78 valence electrons. The SMILES string of the molecule is NC(=O)C=Cc1cccc(N)c1C(=O)O. The largest absolute Gasteiger partial charge is 0.478 e. The van der Waals surface area contributed by atoms with Crippen LogP contribution in [-0.2, 0) is 4.79 Å². The smallest absolute Gasteiger partial charge is 0.338 e. The van der Waals surface area contributed by atoms with Crippen molar-refractivity contribution in [1.82, 2.24) is 0 Å². The monoisotopic (exact) mass is 206 g/mol. The maximum absolute atomic E-state index is 10.9. The third-order valence-electron chi connectivity index (χ3n) is 1.77. The third-order valence-corrected chi connectivity index (χ3v) is 1.77. The lowest BCUT2D eigenvalue weighted by Gasteiger charge is -2.03. The number of primary amides is 1. The summed E-state index contributed by atoms with van der Waals surface area (Å²) in [5.74, 6) is -1.79. The second-order valence-electron chi connectivity index (χ2n) is 2.85. The number of carbonyl (C=O) groups is 2. The van der Waals surface area contributed by atoms with E-state index in [1.807, 2.05) is 0 Å². The average molecular weight is 206 g/mol. The molecule has 0 heterocycles. The van der Waals surface area contributed by atoms with Crippen LogP contribution in [0.15, 0.2) is 24.3 Å². The Morgan fingerprint density at radius 1 is 1.33 bits per heavy atom. The normalized spacial score (nSPS) is 10.4. The molecule has 5 N–H and O–H groups in total. The van der Waals surface area contributed by atoms with Gasteiger partial charge in [-0.05, 0) is 17.7 Å². The van der Waals surface area contributed by atoms with Gasteiger partial charge in [0.25, 0.3) is 0 Å². The molecule has 1 amide bonds. The summed E-state index contributed by atoms with van der Waals surface area (Å²) in [4.78, 5) is 21.4. The lowest BCUT2D eigenvalue weighted by molar-refractivity contribution is -0.113. The fraction of sp³-hybridized carbons (Fsp3) is 0. The van der Waals surface area contributed by atoms with Crippen LogP contribution in [0.5, 0.6) is 0 Å². The molecule has 1 aromatic carbocycles. The lowest BCUT2D eigenvalue weighted by atomic mass is 10.1. The molecule has 0 aliphatic rings. The molecule has 0 radical (unpaired) electrons. The number of carbonyl (C=O) groups excluding carboxylic acids is 1. The van der Waals surface area contributed by atoms with Gasteiger partial charge < -0.3 is 16.6 Å². The fourth-order valence-electron chi connectivity index (χ4n) is 1.15. The van der Waals surface area contributed by atoms with Crippen molar-refractivity contribution in [3.05, 3.63) is 35.4 Å². The third kappa shape index (κ3) is 2.57. The molecule has 0 unspecified atom stereocenters. The Kier molecular flexibility index (Phi) is 3.07. The molecular formula is C10H10N2O3. The Morgan fingerprint density at radius 2 is 2.00 bits per heavy atom. The Hall–Kier alpha value is -2.30. The Labute approximate surface area is 86.0 Å². The molecule has 0 saturated carbocycles. The number of aromatic carboxylic acids is 1. The highest BCUT2D eigenvalue weighted by molar-refractivity contribution is 5.99. The summed E-state index contributed by atoms with van der Waals surface area (Å²) in [7, 11) is 0. The van der Waals surface area contributed by atoms with E-state index in [2.05, 4.69) is 0 Å². The first-order valence-corrected chi connectivity index (χ1v) is 4.11. The van der Waals surface area contributed by atoms with E-state index < -0.39 is 11.9 Å². The zero-order valence-electron chi connectivity index (χ0n) is 7.81. The van der Waals surface area contributed by atoms with Gasteiger partial charge in [-0.25, -0.2) is 4.79 Å². The van der Waals surface area contributed by atoms with Crippen molar-refractivity contribution in [3.63, 3.8) is 0 Å². The van der Waals surface area contributed by atoms with Crippen molar-refractivity contribution in [2.75, 3.05) is 5.73 Å². The second-order valence-corrected chi connectivity index (χ2v) is 2.85. The van der Waals surface area contributed by atoms with Crippen LogP contribution in [0.2, 0.25) is 0 Å². The predicted octanol–water partition coefficient (Wildman–Crippen LogP) is 0.465. The number of hydrogen-bond donors (Lipinski definition) is 3. The molecule has 0 aliphatic carbocycles. The topological polar surface area (TPSA) is 106 Å². The first kappa shape index (κ1) is 10.8. The number of carboxylic acids is 1. The van der Waals surface area contributed by atoms with E-state index >= 15 is 0 Å². The van der Waals surface area contributed by atoms with E-state index in [-0.39, 0.29) is 11.3 Å². The molecule has 0 saturated heterocycles. The van der Waals surface area contributed by atoms with Gasteiger partial charge in [0.05, 0.1) is 5.56 Å². The van der Waals surface area contributed by atoms with E-state index in [0.717, 1.165) is 6.08 Å². The van der Waals surface area contributed by atoms with Gasteiger partial charge in [-0.1, -0.05) is 12.1 Å². The number of nitrogens with two attached hydrogens (primary N) is 2. The predicted molar refractivity (Wildman–Crippen MR) is 56.0 cm³/mol. The molecular weight excluding hydrogens is 196 g/mol. The minimum atomic E-state index is -1.14. The van der Waals surface area contributed by atoms with Crippen LogP contribution in [0.25, 0.3) is 6.08 Å². The Balaban J connectivity index is 3.23. The first-order valence-electron chi connectivity index (χ1n) is 4.11. The summed E-state index contributed by atoms with van der Waals surface area (Å²) in [6.45, 7) is 0. The van der Waals surface area contributed by atoms with Gasteiger partial charge >= 0.3 is 5.97 Å². The number of benzene rings is 1. The van der Waals surface area contributed by atoms with Gasteiger partial charge in [0, 0.05) is 11.8 Å². The molecule has 1 aromatic rings. The van der Waals surface area contributed by atoms with Gasteiger partial charge in [-0.15, -0.1) is 0 Å². The highest BCUT2D eigenvalue weighted by Gasteiger charge is 2.11. The number of anilines is 1. The lowest BCUT2D eigenvalue weighted by Crippen LogP contribution is -2.07. The van der Waals surface area contributed by atoms with Crippen LogP contribution in [0.4, 0.5) is 5.69 Å². The van der Waals surface area contributed by atoms with Gasteiger partial charge in [0.15, 0.2) is 0 Å². The Bertz CT molecular complexity index is 438. The minimum Gasteiger partial charge on any atom is -0.478 e. The molecule has 0 atom stereocenters. The number of hydrogen-bond acceptors (Lipinski definition) is 3. The molecule has 5 heteroatoms. The van der Waals surface area contributed by atoms with Crippen LogP contribution < -0.4 is 11.5 Å². The maximum Gasteiger partial charge on any atom is 0.338 e. The van der Waals surface area contributed by atoms with Crippen LogP contribution in [0.3, 0.4) is 0 Å². The van der Waals surface area contributed by atoms with E-state index in [9.17, 15) is 9.59 Å². The molecule has 0 aromatic heterocycles. The zero-order valence-corrected chi connectivity index (χ0v) is 7.81. The highest BCUT2D eigenvalue weighted by Crippen LogP contribution is 2.18. The van der Waals surface area contributed by atoms with Crippen molar-refractivity contribution in [2.24, 2.45) is 5.73 Å². The van der Waals surface area contributed by atoms with Crippen molar-refractivity contribution < 1.29 is 14.7 Å². The van der Waals surface area contributed by atoms with Crippen LogP contribution in [-0.4, -0.2) is 17.0 Å². The summed E-state index contributed by atoms with van der Waals surface area (Å²) < 4.78 is 0. The quantitative estimate of drug-likeness (QED) is 0.493. The van der Waals surface area contributed by atoms with Gasteiger partial charge in [-0.2, -0.15) is 0 Å². The van der Waals surface area contributed by atoms with Crippen molar-refractivity contribution in [3.8, 4) is 0 Å². The molecule has 0 fully saturated rings. The number of nitrogen functional groups attached to an aromatic ring is 1. The molecule has 1 rings (SSSR count). The Morgan fingerprint density at radius 3 is 2.53 bits per heavy atom. The highest BCUT2D eigenvalue weighted by atomic mass is 16.4. The fourth-order valence-corrected chi connectivity index (χ4v) is 1.15. The first-order chi connectivity index (χ1) is 7.02. The molecule has 0 aliphatic heterocycles. The summed E-state index contributed by atoms with van der Waals surface area (Å²) in [5.41, 5.74) is 10.9. The molecule has 0 bridgehead atoms. The number of carboxylic acid groups (broad SMARTS) is 1. The minimum absolute atomic E-state index is 0.0324. The van der Waals surface area contributed by atoms with Crippen LogP contribution in [0.1, 0.15) is 15.9 Å². The van der Waals surface area contributed by atoms with E-state index in [0.29, 0.717) is 5.56 Å². The van der Waals surface area contributed by atoms with Crippen LogP contribution >= 0.6 is 0 Å². The van der Waals surface area contributed by atoms with Gasteiger partial charge in [0.1, 0.15) is 0 Å². The number of rotatable bonds is 3. The van der Waals surface area contributed by atoms with Gasteiger partial charge in [-0.3, -0.25) is 4.79 Å². The summed E-state index contributed by atoms with van der Waals surface area (Å²) >= 11 is 0. The summed E-state index contributed by atoms with van der Waals surface area (Å²) in [6, 6.07) is 4.62. The maximum atomic E-state index is 10.9. The van der Waals surface area contributed by atoms with Crippen LogP contribution in [0, 0.1) is 0 Å². The standard InChI is InChI=1S/C10H10N2O3/c11-7-3-1-2-6(4-5-8(12)13)9(7)10(14)15/h1-5H,11H2,(H2,12,13)(H,14,15). The van der Waals surface area contributed by atoms with Crippen molar-refractivity contribution in [2.45, 2.75) is 0 Å². The molecule has 5 nitrogen and oxygen atoms in total.